The van der Waals surface area contributed by atoms with E-state index < -0.39 is 10.0 Å². The number of benzene rings is 1. The number of piperidine rings is 2. The van der Waals surface area contributed by atoms with E-state index in [2.05, 4.69) is 0 Å². The van der Waals surface area contributed by atoms with Crippen LogP contribution in [-0.2, 0) is 24.3 Å². The van der Waals surface area contributed by atoms with Crippen LogP contribution in [0.25, 0.3) is 0 Å². The van der Waals surface area contributed by atoms with Crippen LogP contribution in [-0.4, -0.2) is 62.3 Å². The summed E-state index contributed by atoms with van der Waals surface area (Å²) >= 11 is 0. The molecule has 2 saturated heterocycles. The average molecular weight is 409 g/mol. The molecule has 2 aliphatic rings. The molecule has 154 valence electrons. The summed E-state index contributed by atoms with van der Waals surface area (Å²) in [6.07, 6.45) is 2.80. The van der Waals surface area contributed by atoms with Crippen LogP contribution < -0.4 is 0 Å². The summed E-state index contributed by atoms with van der Waals surface area (Å²) in [5.74, 6) is -0.961. The third kappa shape index (κ3) is 4.55. The fraction of sp³-hybridized carbons (Fsp3) is 0.600. The van der Waals surface area contributed by atoms with Gasteiger partial charge in [0.25, 0.3) is 0 Å². The molecule has 1 aromatic carbocycles. The molecule has 7 nitrogen and oxygen atoms in total. The summed E-state index contributed by atoms with van der Waals surface area (Å²) in [6.45, 7) is 3.69. The minimum atomic E-state index is -3.60. The largest absolute Gasteiger partial charge is 0.466 e. The number of carbonyl (C=O) groups is 2. The SMILES string of the molecule is CCOC(=O)[C@@H]1CCCN(C(=O)[C@H]2CCCN(S(=O)(=O)c3ccccc3)C2)C1. The van der Waals surface area contributed by atoms with Crippen LogP contribution >= 0.6 is 0 Å². The Bertz CT molecular complexity index is 796. The van der Waals surface area contributed by atoms with Crippen molar-refractivity contribution in [2.75, 3.05) is 32.8 Å². The summed E-state index contributed by atoms with van der Waals surface area (Å²) in [4.78, 5) is 27.0. The Labute approximate surface area is 166 Å². The molecular formula is C20H28N2O5S. The highest BCUT2D eigenvalue weighted by atomic mass is 32.2. The van der Waals surface area contributed by atoms with Gasteiger partial charge in [0.2, 0.25) is 15.9 Å². The summed E-state index contributed by atoms with van der Waals surface area (Å²) in [7, 11) is -3.60. The molecule has 1 aromatic rings. The molecule has 0 unspecified atom stereocenters. The quantitative estimate of drug-likeness (QED) is 0.695. The van der Waals surface area contributed by atoms with E-state index in [0.717, 1.165) is 12.8 Å². The normalized spacial score (nSPS) is 24.0. The number of amides is 1. The summed E-state index contributed by atoms with van der Waals surface area (Å²) in [6, 6.07) is 8.33. The van der Waals surface area contributed by atoms with Crippen molar-refractivity contribution in [2.24, 2.45) is 11.8 Å². The Morgan fingerprint density at radius 2 is 1.71 bits per heavy atom. The van der Waals surface area contributed by atoms with E-state index in [0.29, 0.717) is 39.1 Å². The van der Waals surface area contributed by atoms with Gasteiger partial charge in [-0.25, -0.2) is 8.42 Å². The summed E-state index contributed by atoms with van der Waals surface area (Å²) in [5, 5.41) is 0. The first-order chi connectivity index (χ1) is 13.4. The zero-order valence-electron chi connectivity index (χ0n) is 16.2. The zero-order chi connectivity index (χ0) is 20.1. The van der Waals surface area contributed by atoms with Crippen molar-refractivity contribution in [1.82, 2.24) is 9.21 Å². The molecule has 2 fully saturated rings. The molecule has 28 heavy (non-hydrogen) atoms. The molecule has 0 aliphatic carbocycles. The van der Waals surface area contributed by atoms with Crippen LogP contribution in [0.2, 0.25) is 0 Å². The standard InChI is InChI=1S/C20H28N2O5S/c1-2-27-20(24)17-9-6-12-21(14-17)19(23)16-8-7-13-22(15-16)28(25,26)18-10-4-3-5-11-18/h3-5,10-11,16-17H,2,6-9,12-15H2,1H3/t16-,17+/m0/s1. The van der Waals surface area contributed by atoms with Crippen LogP contribution in [0.4, 0.5) is 0 Å². The minimum Gasteiger partial charge on any atom is -0.466 e. The number of nitrogens with zero attached hydrogens (tertiary/aromatic N) is 2. The van der Waals surface area contributed by atoms with Crippen molar-refractivity contribution in [2.45, 2.75) is 37.5 Å². The lowest BCUT2D eigenvalue weighted by atomic mass is 9.94. The summed E-state index contributed by atoms with van der Waals surface area (Å²) < 4.78 is 32.3. The van der Waals surface area contributed by atoms with E-state index >= 15 is 0 Å². The maximum atomic E-state index is 13.0. The molecule has 0 spiro atoms. The molecule has 2 aliphatic heterocycles. The van der Waals surface area contributed by atoms with E-state index in [-0.39, 0.29) is 35.2 Å². The van der Waals surface area contributed by atoms with E-state index in [1.807, 2.05) is 0 Å². The Morgan fingerprint density at radius 3 is 2.43 bits per heavy atom. The van der Waals surface area contributed by atoms with Crippen molar-refractivity contribution in [3.63, 3.8) is 0 Å². The first kappa shape index (κ1) is 20.8. The lowest BCUT2D eigenvalue weighted by Crippen LogP contribution is -2.50. The predicted molar refractivity (Wildman–Crippen MR) is 104 cm³/mol. The number of carbonyl (C=O) groups excluding carboxylic acids is 2. The van der Waals surface area contributed by atoms with E-state index in [4.69, 9.17) is 4.74 Å². The van der Waals surface area contributed by atoms with Crippen molar-refractivity contribution in [1.29, 1.82) is 0 Å². The van der Waals surface area contributed by atoms with Gasteiger partial charge in [-0.15, -0.1) is 0 Å². The van der Waals surface area contributed by atoms with E-state index in [1.165, 1.54) is 4.31 Å². The number of esters is 1. The van der Waals surface area contributed by atoms with Gasteiger partial charge in [0, 0.05) is 26.2 Å². The molecule has 0 bridgehead atoms. The van der Waals surface area contributed by atoms with Gasteiger partial charge in [0.15, 0.2) is 0 Å². The van der Waals surface area contributed by atoms with E-state index in [9.17, 15) is 18.0 Å². The van der Waals surface area contributed by atoms with Gasteiger partial charge in [-0.3, -0.25) is 9.59 Å². The zero-order valence-corrected chi connectivity index (χ0v) is 17.1. The maximum absolute atomic E-state index is 13.0. The Hall–Kier alpha value is -1.93. The first-order valence-corrected chi connectivity index (χ1v) is 11.4. The number of likely N-dealkylation sites (tertiary alicyclic amines) is 1. The monoisotopic (exact) mass is 408 g/mol. The fourth-order valence-corrected chi connectivity index (χ4v) is 5.54. The Morgan fingerprint density at radius 1 is 1.04 bits per heavy atom. The van der Waals surface area contributed by atoms with E-state index in [1.54, 1.807) is 42.2 Å². The van der Waals surface area contributed by atoms with Crippen LogP contribution in [0.3, 0.4) is 0 Å². The molecular weight excluding hydrogens is 380 g/mol. The molecule has 3 rings (SSSR count). The molecule has 0 radical (unpaired) electrons. The second kappa shape index (κ2) is 9.05. The van der Waals surface area contributed by atoms with Crippen molar-refractivity contribution in [3.8, 4) is 0 Å². The van der Waals surface area contributed by atoms with Crippen LogP contribution in [0.15, 0.2) is 35.2 Å². The third-order valence-corrected chi connectivity index (χ3v) is 7.35. The summed E-state index contributed by atoms with van der Waals surface area (Å²) in [5.41, 5.74) is 0. The molecule has 0 N–H and O–H groups in total. The number of rotatable bonds is 5. The first-order valence-electron chi connectivity index (χ1n) is 9.94. The fourth-order valence-electron chi connectivity index (χ4n) is 3.99. The minimum absolute atomic E-state index is 0.0537. The highest BCUT2D eigenvalue weighted by Crippen LogP contribution is 2.27. The molecule has 2 heterocycles. The number of ether oxygens (including phenoxy) is 1. The van der Waals surface area contributed by atoms with Gasteiger partial charge in [0.1, 0.15) is 0 Å². The number of sulfonamides is 1. The maximum Gasteiger partial charge on any atom is 0.310 e. The molecule has 2 atom stereocenters. The molecule has 0 aromatic heterocycles. The lowest BCUT2D eigenvalue weighted by molar-refractivity contribution is -0.152. The highest BCUT2D eigenvalue weighted by Gasteiger charge is 2.37. The smallest absolute Gasteiger partial charge is 0.310 e. The Balaban J connectivity index is 1.67. The van der Waals surface area contributed by atoms with Crippen LogP contribution in [0, 0.1) is 11.8 Å². The van der Waals surface area contributed by atoms with Crippen molar-refractivity contribution >= 4 is 21.9 Å². The Kier molecular flexibility index (Phi) is 6.72. The molecule has 1 amide bonds. The number of hydrogen-bond acceptors (Lipinski definition) is 5. The van der Waals surface area contributed by atoms with Gasteiger partial charge < -0.3 is 9.64 Å². The predicted octanol–water partition coefficient (Wildman–Crippen LogP) is 1.89. The number of hydrogen-bond donors (Lipinski definition) is 0. The third-order valence-electron chi connectivity index (χ3n) is 5.47. The average Bonchev–Trinajstić information content (AvgIpc) is 2.74. The topological polar surface area (TPSA) is 84.0 Å². The highest BCUT2D eigenvalue weighted by molar-refractivity contribution is 7.89. The van der Waals surface area contributed by atoms with Gasteiger partial charge in [-0.2, -0.15) is 4.31 Å². The van der Waals surface area contributed by atoms with Crippen LogP contribution in [0.5, 0.6) is 0 Å². The second-order valence-corrected chi connectivity index (χ2v) is 9.33. The van der Waals surface area contributed by atoms with Crippen molar-refractivity contribution < 1.29 is 22.7 Å². The van der Waals surface area contributed by atoms with Gasteiger partial charge in [-0.1, -0.05) is 18.2 Å². The molecule has 0 saturated carbocycles. The van der Waals surface area contributed by atoms with Crippen molar-refractivity contribution in [3.05, 3.63) is 30.3 Å². The van der Waals surface area contributed by atoms with Gasteiger partial charge in [-0.05, 0) is 44.7 Å². The van der Waals surface area contributed by atoms with Gasteiger partial charge in [0.05, 0.1) is 23.3 Å². The second-order valence-electron chi connectivity index (χ2n) is 7.39. The van der Waals surface area contributed by atoms with Crippen LogP contribution in [0.1, 0.15) is 32.6 Å². The van der Waals surface area contributed by atoms with Gasteiger partial charge >= 0.3 is 5.97 Å². The molecule has 8 heteroatoms. The lowest BCUT2D eigenvalue weighted by Gasteiger charge is -2.37.